The van der Waals surface area contributed by atoms with E-state index in [0.717, 1.165) is 5.56 Å². The number of likely N-dealkylation sites (tertiary alicyclic amines) is 1. The van der Waals surface area contributed by atoms with Gasteiger partial charge in [0, 0.05) is 32.0 Å². The summed E-state index contributed by atoms with van der Waals surface area (Å²) in [5.41, 5.74) is 0.261. The summed E-state index contributed by atoms with van der Waals surface area (Å²) in [4.78, 5) is 25.6. The summed E-state index contributed by atoms with van der Waals surface area (Å²) < 4.78 is 20.3. The number of hydrogen-bond donors (Lipinski definition) is 2. The third-order valence-corrected chi connectivity index (χ3v) is 5.00. The monoisotopic (exact) mass is 373 g/mol. The van der Waals surface area contributed by atoms with E-state index in [4.69, 9.17) is 4.74 Å². The number of carbonyl (C=O) groups excluding carboxylic acids is 2. The van der Waals surface area contributed by atoms with Gasteiger partial charge in [-0.25, -0.2) is 18.7 Å². The smallest absolute Gasteiger partial charge is 0.407 e. The average Bonchev–Trinajstić information content (AvgIpc) is 3.22. The van der Waals surface area contributed by atoms with Crippen LogP contribution in [0.5, 0.6) is 0 Å². The predicted molar refractivity (Wildman–Crippen MR) is 94.8 cm³/mol. The number of aromatic nitrogens is 2. The van der Waals surface area contributed by atoms with Crippen LogP contribution in [-0.4, -0.2) is 52.0 Å². The molecule has 2 aromatic rings. The van der Waals surface area contributed by atoms with Crippen molar-refractivity contribution in [2.45, 2.75) is 25.0 Å². The highest BCUT2D eigenvalue weighted by Crippen LogP contribution is 2.29. The molecule has 0 bridgehead atoms. The van der Waals surface area contributed by atoms with Crippen molar-refractivity contribution in [3.8, 4) is 0 Å². The van der Waals surface area contributed by atoms with Gasteiger partial charge in [0.15, 0.2) is 0 Å². The first-order valence-corrected chi connectivity index (χ1v) is 8.82. The Bertz CT molecular complexity index is 860. The normalized spacial score (nSPS) is 18.3. The van der Waals surface area contributed by atoms with E-state index in [9.17, 15) is 14.0 Å². The molecule has 8 nitrogen and oxygen atoms in total. The molecule has 0 unspecified atom stereocenters. The quantitative estimate of drug-likeness (QED) is 0.863. The van der Waals surface area contributed by atoms with Crippen molar-refractivity contribution in [1.29, 1.82) is 0 Å². The lowest BCUT2D eigenvalue weighted by molar-refractivity contribution is 0.0110. The number of hydrogen-bond acceptors (Lipinski definition) is 4. The van der Waals surface area contributed by atoms with Crippen LogP contribution in [0.3, 0.4) is 0 Å². The number of rotatable bonds is 3. The Morgan fingerprint density at radius 2 is 2.15 bits per heavy atom. The first-order chi connectivity index (χ1) is 13.0. The van der Waals surface area contributed by atoms with Crippen LogP contribution in [0.2, 0.25) is 0 Å². The Hall–Kier alpha value is -3.10. The molecule has 1 spiro atoms. The highest BCUT2D eigenvalue weighted by Gasteiger charge is 2.43. The van der Waals surface area contributed by atoms with Crippen molar-refractivity contribution in [3.05, 3.63) is 47.9 Å². The van der Waals surface area contributed by atoms with Crippen molar-refractivity contribution < 1.29 is 18.7 Å². The largest absolute Gasteiger partial charge is 0.441 e. The third-order valence-electron chi connectivity index (χ3n) is 5.00. The zero-order valence-corrected chi connectivity index (χ0v) is 14.7. The minimum absolute atomic E-state index is 0.233. The Balaban J connectivity index is 1.37. The summed E-state index contributed by atoms with van der Waals surface area (Å²) in [6.07, 6.45) is 2.39. The van der Waals surface area contributed by atoms with Crippen molar-refractivity contribution >= 4 is 17.9 Å². The summed E-state index contributed by atoms with van der Waals surface area (Å²) in [6, 6.07) is 7.73. The summed E-state index contributed by atoms with van der Waals surface area (Å²) in [6.45, 7) is 1.84. The van der Waals surface area contributed by atoms with Gasteiger partial charge < -0.3 is 15.0 Å². The van der Waals surface area contributed by atoms with Gasteiger partial charge in [-0.05, 0) is 17.7 Å². The molecule has 2 aliphatic rings. The Morgan fingerprint density at radius 1 is 1.33 bits per heavy atom. The maximum Gasteiger partial charge on any atom is 0.407 e. The maximum atomic E-state index is 13.4. The number of nitrogens with one attached hydrogen (secondary N) is 2. The molecule has 2 N–H and O–H groups in total. The second-order valence-corrected chi connectivity index (χ2v) is 6.85. The number of ether oxygens (including phenoxy) is 1. The van der Waals surface area contributed by atoms with E-state index >= 15 is 0 Å². The molecule has 9 heteroatoms. The molecule has 3 amide bonds. The second-order valence-electron chi connectivity index (χ2n) is 6.85. The van der Waals surface area contributed by atoms with E-state index in [0.29, 0.717) is 44.8 Å². The first kappa shape index (κ1) is 17.3. The van der Waals surface area contributed by atoms with Gasteiger partial charge in [-0.1, -0.05) is 12.1 Å². The molecule has 0 radical (unpaired) electrons. The van der Waals surface area contributed by atoms with Crippen LogP contribution in [-0.2, 0) is 11.3 Å². The van der Waals surface area contributed by atoms with Crippen LogP contribution in [0.4, 0.5) is 19.8 Å². The molecular formula is C18H20FN5O3. The van der Waals surface area contributed by atoms with Crippen LogP contribution < -0.4 is 10.6 Å². The molecule has 0 aliphatic carbocycles. The number of halogens is 1. The van der Waals surface area contributed by atoms with E-state index in [2.05, 4.69) is 15.7 Å². The molecule has 4 rings (SSSR count). The molecule has 0 saturated carbocycles. The summed E-state index contributed by atoms with van der Waals surface area (Å²) in [5.74, 6) is 0.230. The molecule has 1 aromatic heterocycles. The Kier molecular flexibility index (Phi) is 4.43. The average molecular weight is 373 g/mol. The lowest BCUT2D eigenvalue weighted by Gasteiger charge is -2.37. The molecule has 2 fully saturated rings. The molecule has 3 heterocycles. The fraction of sp³-hybridized carbons (Fsp3) is 0.389. The molecule has 0 atom stereocenters. The van der Waals surface area contributed by atoms with Crippen molar-refractivity contribution in [1.82, 2.24) is 20.0 Å². The highest BCUT2D eigenvalue weighted by molar-refractivity contribution is 5.88. The van der Waals surface area contributed by atoms with Crippen LogP contribution in [0, 0.1) is 5.82 Å². The van der Waals surface area contributed by atoms with Gasteiger partial charge in [0.2, 0.25) is 0 Å². The van der Waals surface area contributed by atoms with E-state index in [1.54, 1.807) is 34.0 Å². The molecule has 1 aromatic carbocycles. The number of anilines is 1. The van der Waals surface area contributed by atoms with Gasteiger partial charge in [0.05, 0.1) is 19.3 Å². The van der Waals surface area contributed by atoms with Crippen LogP contribution in [0.25, 0.3) is 0 Å². The van der Waals surface area contributed by atoms with Crippen molar-refractivity contribution in [2.75, 3.05) is 25.0 Å². The van der Waals surface area contributed by atoms with Crippen molar-refractivity contribution in [2.24, 2.45) is 0 Å². The molecule has 27 heavy (non-hydrogen) atoms. The summed E-state index contributed by atoms with van der Waals surface area (Å²) in [5, 5.41) is 9.73. The lowest BCUT2D eigenvalue weighted by Crippen LogP contribution is -2.49. The van der Waals surface area contributed by atoms with Gasteiger partial charge >= 0.3 is 12.1 Å². The zero-order chi connectivity index (χ0) is 18.9. The second kappa shape index (κ2) is 6.90. The number of nitrogens with zero attached hydrogens (tertiary/aromatic N) is 3. The summed E-state index contributed by atoms with van der Waals surface area (Å²) in [7, 11) is 0. The number of urea groups is 1. The standard InChI is InChI=1S/C18H20FN5O3/c19-14-3-1-2-13(10-14)11-24-15(4-7-21-24)22-16(25)23-8-5-18(6-9-23)12-20-17(26)27-18/h1-4,7,10H,5-6,8-9,11-12H2,(H,20,26)(H,22,25). The van der Waals surface area contributed by atoms with Crippen LogP contribution in [0.15, 0.2) is 36.5 Å². The van der Waals surface area contributed by atoms with Crippen LogP contribution in [0.1, 0.15) is 18.4 Å². The van der Waals surface area contributed by atoms with E-state index in [-0.39, 0.29) is 11.8 Å². The summed E-state index contributed by atoms with van der Waals surface area (Å²) >= 11 is 0. The minimum Gasteiger partial charge on any atom is -0.441 e. The lowest BCUT2D eigenvalue weighted by atomic mass is 9.92. The fourth-order valence-corrected chi connectivity index (χ4v) is 3.46. The van der Waals surface area contributed by atoms with Gasteiger partial charge in [-0.2, -0.15) is 5.10 Å². The molecule has 2 aliphatic heterocycles. The van der Waals surface area contributed by atoms with E-state index < -0.39 is 11.7 Å². The van der Waals surface area contributed by atoms with Gasteiger partial charge in [-0.3, -0.25) is 5.32 Å². The van der Waals surface area contributed by atoms with Crippen LogP contribution >= 0.6 is 0 Å². The first-order valence-electron chi connectivity index (χ1n) is 8.82. The number of piperidine rings is 1. The Labute approximate surface area is 155 Å². The van der Waals surface area contributed by atoms with E-state index in [1.807, 2.05) is 0 Å². The van der Waals surface area contributed by atoms with Crippen molar-refractivity contribution in [3.63, 3.8) is 0 Å². The number of benzene rings is 1. The van der Waals surface area contributed by atoms with E-state index in [1.165, 1.54) is 12.1 Å². The van der Waals surface area contributed by atoms with Gasteiger partial charge in [0.1, 0.15) is 17.2 Å². The molecule has 142 valence electrons. The predicted octanol–water partition coefficient (Wildman–Crippen LogP) is 2.18. The van der Waals surface area contributed by atoms with Gasteiger partial charge in [-0.15, -0.1) is 0 Å². The topological polar surface area (TPSA) is 88.5 Å². The SMILES string of the molecule is O=C1NCC2(CCN(C(=O)Nc3ccnn3Cc3cccc(F)c3)CC2)O1. The molecule has 2 saturated heterocycles. The Morgan fingerprint density at radius 3 is 2.85 bits per heavy atom. The minimum atomic E-state index is -0.493. The third kappa shape index (κ3) is 3.71. The van der Waals surface area contributed by atoms with Gasteiger partial charge in [0.25, 0.3) is 0 Å². The number of alkyl carbamates (subject to hydrolysis) is 1. The highest BCUT2D eigenvalue weighted by atomic mass is 19.1. The number of amides is 3. The maximum absolute atomic E-state index is 13.4. The fourth-order valence-electron chi connectivity index (χ4n) is 3.46. The zero-order valence-electron chi connectivity index (χ0n) is 14.7. The number of carbonyl (C=O) groups is 2. The molecular weight excluding hydrogens is 353 g/mol.